The van der Waals surface area contributed by atoms with Crippen molar-refractivity contribution in [1.82, 2.24) is 10.2 Å². The minimum atomic E-state index is 0.402. The van der Waals surface area contributed by atoms with Crippen LogP contribution in [0.2, 0.25) is 0 Å². The molecule has 0 amide bonds. The van der Waals surface area contributed by atoms with Gasteiger partial charge in [-0.1, -0.05) is 13.3 Å². The van der Waals surface area contributed by atoms with Gasteiger partial charge in [-0.05, 0) is 39.7 Å². The zero-order chi connectivity index (χ0) is 12.3. The van der Waals surface area contributed by atoms with Gasteiger partial charge in [-0.25, -0.2) is 0 Å². The number of nitrogens with zero attached hydrogens (tertiary/aromatic N) is 1. The summed E-state index contributed by atoms with van der Waals surface area (Å²) < 4.78 is 5.73. The number of nitrogens with one attached hydrogen (secondary N) is 1. The minimum absolute atomic E-state index is 0.402. The van der Waals surface area contributed by atoms with Crippen LogP contribution in [0.1, 0.15) is 46.5 Å². The molecule has 1 saturated heterocycles. The SMILES string of the molecule is CCCNC1CCCC1N1CC(C)OCC1C. The molecule has 0 radical (unpaired) electrons. The molecule has 3 heteroatoms. The molecule has 1 heterocycles. The van der Waals surface area contributed by atoms with Gasteiger partial charge in [-0.2, -0.15) is 0 Å². The standard InChI is InChI=1S/C14H28N2O/c1-4-8-15-13-6-5-7-14(13)16-9-12(3)17-10-11(16)2/h11-15H,4-10H2,1-3H3. The highest BCUT2D eigenvalue weighted by atomic mass is 16.5. The number of hydrogen-bond donors (Lipinski definition) is 1. The fourth-order valence-corrected chi connectivity index (χ4v) is 3.30. The topological polar surface area (TPSA) is 24.5 Å². The van der Waals surface area contributed by atoms with E-state index < -0.39 is 0 Å². The van der Waals surface area contributed by atoms with Crippen molar-refractivity contribution in [1.29, 1.82) is 0 Å². The number of ether oxygens (including phenoxy) is 1. The lowest BCUT2D eigenvalue weighted by molar-refractivity contribution is -0.0684. The first-order valence-corrected chi connectivity index (χ1v) is 7.33. The molecule has 1 aliphatic carbocycles. The van der Waals surface area contributed by atoms with E-state index in [1.54, 1.807) is 0 Å². The molecular formula is C14H28N2O. The molecule has 1 N–H and O–H groups in total. The molecule has 17 heavy (non-hydrogen) atoms. The highest BCUT2D eigenvalue weighted by Gasteiger charge is 2.36. The Morgan fingerprint density at radius 1 is 1.29 bits per heavy atom. The molecule has 4 atom stereocenters. The second kappa shape index (κ2) is 6.17. The molecule has 0 aromatic rings. The summed E-state index contributed by atoms with van der Waals surface area (Å²) in [6, 6.07) is 2.03. The van der Waals surface area contributed by atoms with Crippen molar-refractivity contribution >= 4 is 0 Å². The monoisotopic (exact) mass is 240 g/mol. The lowest BCUT2D eigenvalue weighted by atomic mass is 10.1. The third-order valence-corrected chi connectivity index (χ3v) is 4.22. The molecule has 0 bridgehead atoms. The Morgan fingerprint density at radius 3 is 2.88 bits per heavy atom. The lowest BCUT2D eigenvalue weighted by Crippen LogP contribution is -2.56. The highest BCUT2D eigenvalue weighted by molar-refractivity contribution is 4.93. The normalized spacial score (nSPS) is 39.7. The number of hydrogen-bond acceptors (Lipinski definition) is 3. The second-order valence-electron chi connectivity index (χ2n) is 5.75. The molecule has 2 aliphatic rings. The Balaban J connectivity index is 1.94. The van der Waals surface area contributed by atoms with E-state index >= 15 is 0 Å². The number of morpholine rings is 1. The van der Waals surface area contributed by atoms with Crippen LogP contribution >= 0.6 is 0 Å². The van der Waals surface area contributed by atoms with E-state index in [0.29, 0.717) is 18.2 Å². The zero-order valence-corrected chi connectivity index (χ0v) is 11.6. The lowest BCUT2D eigenvalue weighted by Gasteiger charge is -2.43. The molecular weight excluding hydrogens is 212 g/mol. The van der Waals surface area contributed by atoms with Crippen LogP contribution in [0, 0.1) is 0 Å². The largest absolute Gasteiger partial charge is 0.376 e. The van der Waals surface area contributed by atoms with Gasteiger partial charge >= 0.3 is 0 Å². The third kappa shape index (κ3) is 3.21. The van der Waals surface area contributed by atoms with E-state index in [9.17, 15) is 0 Å². The van der Waals surface area contributed by atoms with E-state index in [1.807, 2.05) is 0 Å². The first kappa shape index (κ1) is 13.3. The van der Waals surface area contributed by atoms with Crippen molar-refractivity contribution in [3.8, 4) is 0 Å². The first-order valence-electron chi connectivity index (χ1n) is 7.33. The van der Waals surface area contributed by atoms with Crippen molar-refractivity contribution in [2.75, 3.05) is 19.7 Å². The van der Waals surface area contributed by atoms with Crippen LogP contribution < -0.4 is 5.32 Å². The maximum absolute atomic E-state index is 5.73. The third-order valence-electron chi connectivity index (χ3n) is 4.22. The van der Waals surface area contributed by atoms with Crippen LogP contribution in [0.5, 0.6) is 0 Å². The summed E-state index contributed by atoms with van der Waals surface area (Å²) in [5.41, 5.74) is 0. The van der Waals surface area contributed by atoms with E-state index in [4.69, 9.17) is 4.74 Å². The van der Waals surface area contributed by atoms with Crippen LogP contribution in [-0.2, 0) is 4.74 Å². The summed E-state index contributed by atoms with van der Waals surface area (Å²) in [6.07, 6.45) is 5.73. The van der Waals surface area contributed by atoms with Crippen LogP contribution in [-0.4, -0.2) is 48.8 Å². The Bertz CT molecular complexity index is 234. The maximum Gasteiger partial charge on any atom is 0.0674 e. The summed E-state index contributed by atoms with van der Waals surface area (Å²) in [5, 5.41) is 3.73. The van der Waals surface area contributed by atoms with Crippen molar-refractivity contribution in [2.45, 2.75) is 70.7 Å². The van der Waals surface area contributed by atoms with E-state index in [0.717, 1.165) is 25.7 Å². The Kier molecular flexibility index (Phi) is 4.83. The van der Waals surface area contributed by atoms with Gasteiger partial charge in [0.25, 0.3) is 0 Å². The van der Waals surface area contributed by atoms with E-state index in [2.05, 4.69) is 31.0 Å². The Labute approximate surface area is 106 Å². The molecule has 3 nitrogen and oxygen atoms in total. The zero-order valence-electron chi connectivity index (χ0n) is 11.6. The fraction of sp³-hybridized carbons (Fsp3) is 1.00. The average molecular weight is 240 g/mol. The fourth-order valence-electron chi connectivity index (χ4n) is 3.30. The highest BCUT2D eigenvalue weighted by Crippen LogP contribution is 2.28. The summed E-state index contributed by atoms with van der Waals surface area (Å²) in [7, 11) is 0. The van der Waals surface area contributed by atoms with E-state index in [-0.39, 0.29) is 0 Å². The van der Waals surface area contributed by atoms with E-state index in [1.165, 1.54) is 25.7 Å². The molecule has 0 spiro atoms. The van der Waals surface area contributed by atoms with Crippen molar-refractivity contribution in [3.05, 3.63) is 0 Å². The van der Waals surface area contributed by atoms with Gasteiger partial charge in [-0.15, -0.1) is 0 Å². The van der Waals surface area contributed by atoms with Gasteiger partial charge in [0, 0.05) is 24.7 Å². The van der Waals surface area contributed by atoms with Crippen LogP contribution in [0.25, 0.3) is 0 Å². The molecule has 2 rings (SSSR count). The van der Waals surface area contributed by atoms with Gasteiger partial charge in [-0.3, -0.25) is 4.90 Å². The van der Waals surface area contributed by atoms with Gasteiger partial charge in [0.05, 0.1) is 12.7 Å². The predicted molar refractivity (Wildman–Crippen MR) is 71.3 cm³/mol. The van der Waals surface area contributed by atoms with Gasteiger partial charge < -0.3 is 10.1 Å². The number of rotatable bonds is 4. The summed E-state index contributed by atoms with van der Waals surface area (Å²) >= 11 is 0. The maximum atomic E-state index is 5.73. The molecule has 1 aliphatic heterocycles. The molecule has 1 saturated carbocycles. The molecule has 2 fully saturated rings. The second-order valence-corrected chi connectivity index (χ2v) is 5.75. The van der Waals surface area contributed by atoms with Gasteiger partial charge in [0.1, 0.15) is 0 Å². The summed E-state index contributed by atoms with van der Waals surface area (Å²) in [6.45, 7) is 9.92. The van der Waals surface area contributed by atoms with Crippen molar-refractivity contribution in [3.63, 3.8) is 0 Å². The molecule has 4 unspecified atom stereocenters. The van der Waals surface area contributed by atoms with Crippen molar-refractivity contribution in [2.24, 2.45) is 0 Å². The quantitative estimate of drug-likeness (QED) is 0.813. The Hall–Kier alpha value is -0.120. The van der Waals surface area contributed by atoms with Crippen LogP contribution in [0.3, 0.4) is 0 Å². The van der Waals surface area contributed by atoms with Gasteiger partial charge in [0.2, 0.25) is 0 Å². The first-order chi connectivity index (χ1) is 8.22. The molecule has 0 aromatic carbocycles. The molecule has 100 valence electrons. The Morgan fingerprint density at radius 2 is 2.12 bits per heavy atom. The van der Waals surface area contributed by atoms with Crippen LogP contribution in [0.15, 0.2) is 0 Å². The van der Waals surface area contributed by atoms with Crippen LogP contribution in [0.4, 0.5) is 0 Å². The average Bonchev–Trinajstić information content (AvgIpc) is 2.77. The minimum Gasteiger partial charge on any atom is -0.376 e. The summed E-state index contributed by atoms with van der Waals surface area (Å²) in [4.78, 5) is 2.69. The summed E-state index contributed by atoms with van der Waals surface area (Å²) in [5.74, 6) is 0. The van der Waals surface area contributed by atoms with Gasteiger partial charge in [0.15, 0.2) is 0 Å². The molecule has 0 aromatic heterocycles. The van der Waals surface area contributed by atoms with Crippen molar-refractivity contribution < 1.29 is 4.74 Å². The smallest absolute Gasteiger partial charge is 0.0674 e. The predicted octanol–water partition coefficient (Wildman–Crippen LogP) is 2.02.